The molecule has 0 amide bonds. The van der Waals surface area contributed by atoms with Gasteiger partial charge in [0.2, 0.25) is 0 Å². The summed E-state index contributed by atoms with van der Waals surface area (Å²) in [6, 6.07) is 14.0. The minimum atomic E-state index is 0.676. The van der Waals surface area contributed by atoms with Gasteiger partial charge in [0.1, 0.15) is 10.8 Å². The zero-order valence-electron chi connectivity index (χ0n) is 13.6. The quantitative estimate of drug-likeness (QED) is 0.468. The van der Waals surface area contributed by atoms with Crippen molar-refractivity contribution in [3.63, 3.8) is 0 Å². The molecular formula is C18H16N4OS2. The molecule has 1 aromatic carbocycles. The van der Waals surface area contributed by atoms with E-state index in [2.05, 4.69) is 15.6 Å². The van der Waals surface area contributed by atoms with Gasteiger partial charge < -0.3 is 4.74 Å². The lowest BCUT2D eigenvalue weighted by molar-refractivity contribution is 0.340. The maximum atomic E-state index is 5.48. The fourth-order valence-corrected chi connectivity index (χ4v) is 4.17. The minimum Gasteiger partial charge on any atom is -0.494 e. The Labute approximate surface area is 153 Å². The molecule has 4 aromatic rings. The van der Waals surface area contributed by atoms with Gasteiger partial charge in [0.15, 0.2) is 10.8 Å². The third kappa shape index (κ3) is 3.52. The van der Waals surface area contributed by atoms with Crippen LogP contribution in [0.2, 0.25) is 0 Å². The summed E-state index contributed by atoms with van der Waals surface area (Å²) in [4.78, 5) is 4.74. The Morgan fingerprint density at radius 1 is 1.12 bits per heavy atom. The van der Waals surface area contributed by atoms with Crippen molar-refractivity contribution in [3.05, 3.63) is 59.7 Å². The lowest BCUT2D eigenvalue weighted by Gasteiger charge is -2.03. The van der Waals surface area contributed by atoms with Crippen LogP contribution in [0, 0.1) is 0 Å². The van der Waals surface area contributed by atoms with E-state index < -0.39 is 0 Å². The van der Waals surface area contributed by atoms with Gasteiger partial charge in [-0.2, -0.15) is 0 Å². The van der Waals surface area contributed by atoms with Crippen molar-refractivity contribution in [2.45, 2.75) is 17.8 Å². The van der Waals surface area contributed by atoms with Gasteiger partial charge in [0, 0.05) is 22.9 Å². The van der Waals surface area contributed by atoms with Crippen molar-refractivity contribution < 1.29 is 4.74 Å². The van der Waals surface area contributed by atoms with E-state index in [4.69, 9.17) is 9.72 Å². The zero-order valence-corrected chi connectivity index (χ0v) is 15.3. The number of benzene rings is 1. The summed E-state index contributed by atoms with van der Waals surface area (Å²) in [7, 11) is 0. The van der Waals surface area contributed by atoms with Crippen molar-refractivity contribution in [2.24, 2.45) is 0 Å². The second kappa shape index (κ2) is 7.25. The first kappa shape index (κ1) is 16.1. The molecule has 5 nitrogen and oxygen atoms in total. The van der Waals surface area contributed by atoms with E-state index in [1.165, 1.54) is 0 Å². The minimum absolute atomic E-state index is 0.676. The van der Waals surface area contributed by atoms with Crippen LogP contribution in [0.3, 0.4) is 0 Å². The number of hydrogen-bond acceptors (Lipinski definition) is 6. The molecule has 0 radical (unpaired) electrons. The summed E-state index contributed by atoms with van der Waals surface area (Å²) in [5.41, 5.74) is 3.02. The van der Waals surface area contributed by atoms with Crippen molar-refractivity contribution in [2.75, 3.05) is 6.61 Å². The molecule has 126 valence electrons. The maximum absolute atomic E-state index is 5.48. The third-order valence-corrected chi connectivity index (χ3v) is 5.51. The van der Waals surface area contributed by atoms with Gasteiger partial charge >= 0.3 is 0 Å². The highest BCUT2D eigenvalue weighted by Gasteiger charge is 2.09. The van der Waals surface area contributed by atoms with Crippen LogP contribution in [0.25, 0.3) is 16.2 Å². The zero-order chi connectivity index (χ0) is 17.1. The first-order valence-electron chi connectivity index (χ1n) is 7.93. The Morgan fingerprint density at radius 2 is 2.00 bits per heavy atom. The van der Waals surface area contributed by atoms with E-state index in [0.717, 1.165) is 38.6 Å². The SMILES string of the molecule is CCOc1ccc(-c2nc(CSc3nnc4ccccn34)cs2)cc1. The van der Waals surface area contributed by atoms with Gasteiger partial charge in [-0.05, 0) is 43.3 Å². The van der Waals surface area contributed by atoms with Gasteiger partial charge in [0.05, 0.1) is 12.3 Å². The molecule has 0 atom stereocenters. The maximum Gasteiger partial charge on any atom is 0.195 e. The van der Waals surface area contributed by atoms with Crippen LogP contribution in [0.4, 0.5) is 0 Å². The third-order valence-electron chi connectivity index (χ3n) is 3.60. The number of pyridine rings is 1. The molecule has 4 rings (SSSR count). The molecule has 0 aliphatic carbocycles. The Hall–Kier alpha value is -2.38. The molecule has 0 fully saturated rings. The van der Waals surface area contributed by atoms with Gasteiger partial charge in [-0.15, -0.1) is 21.5 Å². The number of thioether (sulfide) groups is 1. The molecule has 0 N–H and O–H groups in total. The summed E-state index contributed by atoms with van der Waals surface area (Å²) in [6.45, 7) is 2.66. The summed E-state index contributed by atoms with van der Waals surface area (Å²) in [6.07, 6.45) is 1.98. The average molecular weight is 368 g/mol. The summed E-state index contributed by atoms with van der Waals surface area (Å²) < 4.78 is 7.47. The molecule has 3 heterocycles. The second-order valence-corrected chi connectivity index (χ2v) is 7.10. The van der Waals surface area contributed by atoms with E-state index in [0.29, 0.717) is 6.61 Å². The molecule has 0 saturated carbocycles. The molecule has 25 heavy (non-hydrogen) atoms. The predicted octanol–water partition coefficient (Wildman–Crippen LogP) is 4.54. The van der Waals surface area contributed by atoms with Crippen molar-refractivity contribution >= 4 is 28.7 Å². The summed E-state index contributed by atoms with van der Waals surface area (Å²) in [5.74, 6) is 1.65. The molecule has 3 aromatic heterocycles. The van der Waals surface area contributed by atoms with Gasteiger partial charge in [-0.25, -0.2) is 4.98 Å². The Kier molecular flexibility index (Phi) is 4.67. The van der Waals surface area contributed by atoms with E-state index in [-0.39, 0.29) is 0 Å². The molecule has 0 aliphatic heterocycles. The fraction of sp³-hybridized carbons (Fsp3) is 0.167. The number of rotatable bonds is 6. The second-order valence-electron chi connectivity index (χ2n) is 5.30. The van der Waals surface area contributed by atoms with Crippen LogP contribution in [-0.2, 0) is 5.75 Å². The summed E-state index contributed by atoms with van der Waals surface area (Å²) >= 11 is 3.30. The van der Waals surface area contributed by atoms with Crippen molar-refractivity contribution in [1.82, 2.24) is 19.6 Å². The molecule has 7 heteroatoms. The number of hydrogen-bond donors (Lipinski definition) is 0. The largest absolute Gasteiger partial charge is 0.494 e. The Balaban J connectivity index is 1.46. The first-order chi connectivity index (χ1) is 12.3. The fourth-order valence-electron chi connectivity index (χ4n) is 2.42. The summed E-state index contributed by atoms with van der Waals surface area (Å²) in [5, 5.41) is 12.4. The topological polar surface area (TPSA) is 52.3 Å². The highest BCUT2D eigenvalue weighted by atomic mass is 32.2. The smallest absolute Gasteiger partial charge is 0.195 e. The van der Waals surface area contributed by atoms with Crippen LogP contribution >= 0.6 is 23.1 Å². The van der Waals surface area contributed by atoms with Gasteiger partial charge in [-0.1, -0.05) is 17.8 Å². The number of ether oxygens (including phenoxy) is 1. The molecule has 0 spiro atoms. The highest BCUT2D eigenvalue weighted by Crippen LogP contribution is 2.28. The molecule has 0 aliphatic rings. The molecule has 0 bridgehead atoms. The molecule has 0 unspecified atom stereocenters. The predicted molar refractivity (Wildman–Crippen MR) is 101 cm³/mol. The standard InChI is InChI=1S/C18H16N4OS2/c1-2-23-15-8-6-13(7-9-15)17-19-14(11-24-17)12-25-18-21-20-16-5-3-4-10-22(16)18/h3-11H,2,12H2,1H3. The lowest BCUT2D eigenvalue weighted by Crippen LogP contribution is -1.90. The van der Waals surface area contributed by atoms with E-state index in [1.807, 2.05) is 60.0 Å². The normalized spacial score (nSPS) is 11.1. The number of aromatic nitrogens is 4. The van der Waals surface area contributed by atoms with Gasteiger partial charge in [0.25, 0.3) is 0 Å². The number of nitrogens with zero attached hydrogens (tertiary/aromatic N) is 4. The Morgan fingerprint density at radius 3 is 2.84 bits per heavy atom. The van der Waals surface area contributed by atoms with Crippen molar-refractivity contribution in [3.8, 4) is 16.3 Å². The lowest BCUT2D eigenvalue weighted by atomic mass is 10.2. The van der Waals surface area contributed by atoms with Crippen LogP contribution in [0.15, 0.2) is 59.2 Å². The van der Waals surface area contributed by atoms with E-state index in [9.17, 15) is 0 Å². The van der Waals surface area contributed by atoms with Crippen LogP contribution in [0.5, 0.6) is 5.75 Å². The molecule has 0 saturated heterocycles. The average Bonchev–Trinajstić information content (AvgIpc) is 3.28. The van der Waals surface area contributed by atoms with Crippen molar-refractivity contribution in [1.29, 1.82) is 0 Å². The van der Waals surface area contributed by atoms with Gasteiger partial charge in [-0.3, -0.25) is 4.40 Å². The van der Waals surface area contributed by atoms with Crippen LogP contribution < -0.4 is 4.74 Å². The van der Waals surface area contributed by atoms with E-state index >= 15 is 0 Å². The van der Waals surface area contributed by atoms with Crippen LogP contribution in [0.1, 0.15) is 12.6 Å². The number of fused-ring (bicyclic) bond motifs is 1. The monoisotopic (exact) mass is 368 g/mol. The first-order valence-corrected chi connectivity index (χ1v) is 9.80. The highest BCUT2D eigenvalue weighted by molar-refractivity contribution is 7.98. The van der Waals surface area contributed by atoms with E-state index in [1.54, 1.807) is 23.1 Å². The molecular weight excluding hydrogens is 352 g/mol. The number of thiazole rings is 1. The Bertz CT molecular complexity index is 978. The van der Waals surface area contributed by atoms with Crippen LogP contribution in [-0.4, -0.2) is 26.2 Å².